The molecule has 23 heavy (non-hydrogen) atoms. The van der Waals surface area contributed by atoms with Crippen LogP contribution in [0.4, 0.5) is 0 Å². The fraction of sp³-hybridized carbons (Fsp3) is 0.500. The van der Waals surface area contributed by atoms with Crippen LogP contribution in [-0.2, 0) is 22.6 Å². The highest BCUT2D eigenvalue weighted by Crippen LogP contribution is 2.23. The summed E-state index contributed by atoms with van der Waals surface area (Å²) in [5.74, 6) is -0.0167. The van der Waals surface area contributed by atoms with Gasteiger partial charge in [0.25, 0.3) is 0 Å². The average Bonchev–Trinajstić information content (AvgIpc) is 3.18. The van der Waals surface area contributed by atoms with Gasteiger partial charge in [0.2, 0.25) is 5.91 Å². The van der Waals surface area contributed by atoms with Crippen LogP contribution in [-0.4, -0.2) is 59.3 Å². The van der Waals surface area contributed by atoms with Gasteiger partial charge in [0.05, 0.1) is 18.3 Å². The molecule has 0 fully saturated rings. The minimum Gasteiger partial charge on any atom is -0.369 e. The summed E-state index contributed by atoms with van der Waals surface area (Å²) < 4.78 is 7.66. The molecule has 0 bridgehead atoms. The summed E-state index contributed by atoms with van der Waals surface area (Å²) >= 11 is 1.78. The van der Waals surface area contributed by atoms with Gasteiger partial charge in [-0.05, 0) is 17.5 Å². The highest BCUT2D eigenvalue weighted by atomic mass is 32.1. The second-order valence-electron chi connectivity index (χ2n) is 5.97. The van der Waals surface area contributed by atoms with Gasteiger partial charge in [-0.25, -0.2) is 0 Å². The third-order valence-corrected chi connectivity index (χ3v) is 4.81. The van der Waals surface area contributed by atoms with Gasteiger partial charge in [-0.3, -0.25) is 14.4 Å². The fourth-order valence-electron chi connectivity index (χ4n) is 2.74. The lowest BCUT2D eigenvalue weighted by molar-refractivity contribution is -0.134. The largest absolute Gasteiger partial charge is 0.369 e. The van der Waals surface area contributed by atoms with E-state index in [1.54, 1.807) is 30.3 Å². The number of nitrogens with zero attached hydrogens (tertiary/aromatic N) is 4. The molecule has 3 rings (SSSR count). The van der Waals surface area contributed by atoms with Gasteiger partial charge in [-0.2, -0.15) is 5.10 Å². The fourth-order valence-corrected chi connectivity index (χ4v) is 3.49. The molecule has 0 saturated carbocycles. The molecule has 124 valence electrons. The molecule has 2 aromatic rings. The van der Waals surface area contributed by atoms with Crippen molar-refractivity contribution in [2.45, 2.75) is 19.1 Å². The van der Waals surface area contributed by atoms with Gasteiger partial charge in [0, 0.05) is 44.8 Å². The lowest BCUT2D eigenvalue weighted by atomic mass is 10.2. The normalized spacial score (nSPS) is 17.9. The van der Waals surface area contributed by atoms with E-state index in [4.69, 9.17) is 4.74 Å². The summed E-state index contributed by atoms with van der Waals surface area (Å²) in [6.07, 6.45) is 1.84. The molecule has 0 radical (unpaired) electrons. The molecule has 1 aliphatic heterocycles. The molecule has 2 aromatic heterocycles. The van der Waals surface area contributed by atoms with Gasteiger partial charge in [-0.1, -0.05) is 6.07 Å². The predicted molar refractivity (Wildman–Crippen MR) is 89.2 cm³/mol. The van der Waals surface area contributed by atoms with Gasteiger partial charge in [0.15, 0.2) is 0 Å². The molecule has 1 atom stereocenters. The van der Waals surface area contributed by atoms with E-state index < -0.39 is 0 Å². The minimum atomic E-state index is -0.0167. The zero-order valence-electron chi connectivity index (χ0n) is 13.5. The maximum atomic E-state index is 11.6. The summed E-state index contributed by atoms with van der Waals surface area (Å²) in [5.41, 5.74) is 1.19. The number of carbonyl (C=O) groups excluding carboxylic acids is 1. The van der Waals surface area contributed by atoms with Gasteiger partial charge < -0.3 is 9.64 Å². The van der Waals surface area contributed by atoms with Crippen molar-refractivity contribution in [2.24, 2.45) is 0 Å². The third-order valence-electron chi connectivity index (χ3n) is 3.95. The number of amides is 1. The Morgan fingerprint density at radius 2 is 2.35 bits per heavy atom. The molecule has 1 amide bonds. The summed E-state index contributed by atoms with van der Waals surface area (Å²) in [6, 6.07) is 6.45. The van der Waals surface area contributed by atoms with E-state index in [-0.39, 0.29) is 18.6 Å². The van der Waals surface area contributed by atoms with Crippen LogP contribution in [0.2, 0.25) is 0 Å². The Balaban J connectivity index is 1.61. The predicted octanol–water partition coefficient (Wildman–Crippen LogP) is 1.61. The van der Waals surface area contributed by atoms with E-state index in [0.29, 0.717) is 6.61 Å². The number of ether oxygens (including phenoxy) is 1. The quantitative estimate of drug-likeness (QED) is 0.805. The number of hydrogen-bond donors (Lipinski definition) is 0. The van der Waals surface area contributed by atoms with Gasteiger partial charge in [0.1, 0.15) is 6.61 Å². The summed E-state index contributed by atoms with van der Waals surface area (Å²) in [7, 11) is 3.47. The van der Waals surface area contributed by atoms with E-state index in [0.717, 1.165) is 19.6 Å². The Morgan fingerprint density at radius 1 is 1.48 bits per heavy atom. The summed E-state index contributed by atoms with van der Waals surface area (Å²) in [4.78, 5) is 16.9. The Hall–Kier alpha value is -1.70. The topological polar surface area (TPSA) is 50.6 Å². The van der Waals surface area contributed by atoms with Gasteiger partial charge in [-0.15, -0.1) is 11.3 Å². The molecule has 6 nitrogen and oxygen atoms in total. The van der Waals surface area contributed by atoms with E-state index in [9.17, 15) is 4.79 Å². The Labute approximate surface area is 140 Å². The average molecular weight is 334 g/mol. The first-order valence-electron chi connectivity index (χ1n) is 7.68. The van der Waals surface area contributed by atoms with Crippen LogP contribution in [0.1, 0.15) is 16.6 Å². The Kier molecular flexibility index (Phi) is 5.09. The van der Waals surface area contributed by atoms with Crippen molar-refractivity contribution in [3.63, 3.8) is 0 Å². The number of hydrogen-bond acceptors (Lipinski definition) is 5. The molecular weight excluding hydrogens is 312 g/mol. The Bertz CT molecular complexity index is 638. The van der Waals surface area contributed by atoms with Gasteiger partial charge >= 0.3 is 0 Å². The molecule has 0 unspecified atom stereocenters. The van der Waals surface area contributed by atoms with E-state index >= 15 is 0 Å². The van der Waals surface area contributed by atoms with Crippen molar-refractivity contribution in [2.75, 3.05) is 33.9 Å². The maximum Gasteiger partial charge on any atom is 0.248 e. The second kappa shape index (κ2) is 7.25. The van der Waals surface area contributed by atoms with Crippen molar-refractivity contribution < 1.29 is 9.53 Å². The van der Waals surface area contributed by atoms with Crippen LogP contribution in [0.15, 0.2) is 29.8 Å². The molecule has 0 N–H and O–H groups in total. The first kappa shape index (κ1) is 16.2. The molecule has 1 aliphatic rings. The van der Waals surface area contributed by atoms with Crippen LogP contribution in [0.5, 0.6) is 0 Å². The molecule has 0 aliphatic carbocycles. The van der Waals surface area contributed by atoms with E-state index in [1.807, 2.05) is 10.9 Å². The number of carbonyl (C=O) groups is 1. The summed E-state index contributed by atoms with van der Waals surface area (Å²) in [5, 5.41) is 6.53. The van der Waals surface area contributed by atoms with Crippen LogP contribution in [0, 0.1) is 0 Å². The molecule has 0 saturated heterocycles. The van der Waals surface area contributed by atoms with Crippen LogP contribution < -0.4 is 0 Å². The number of fused-ring (bicyclic) bond motifs is 1. The van der Waals surface area contributed by atoms with Crippen LogP contribution in [0.3, 0.4) is 0 Å². The van der Waals surface area contributed by atoms with Crippen LogP contribution >= 0.6 is 11.3 Å². The third kappa shape index (κ3) is 3.99. The SMILES string of the molecule is CN(C)C(=O)COC[C@@H]1CN(Cc2cccs2)Cc2ccnn21. The number of rotatable bonds is 6. The minimum absolute atomic E-state index is 0.0167. The monoisotopic (exact) mass is 334 g/mol. The number of aromatic nitrogens is 2. The van der Waals surface area contributed by atoms with E-state index in [1.165, 1.54) is 10.6 Å². The highest BCUT2D eigenvalue weighted by Gasteiger charge is 2.26. The summed E-state index contributed by atoms with van der Waals surface area (Å²) in [6.45, 7) is 3.32. The van der Waals surface area contributed by atoms with Crippen molar-refractivity contribution in [3.8, 4) is 0 Å². The maximum absolute atomic E-state index is 11.6. The molecule has 0 spiro atoms. The molecule has 0 aromatic carbocycles. The Morgan fingerprint density at radius 3 is 3.09 bits per heavy atom. The molecule has 3 heterocycles. The van der Waals surface area contributed by atoms with E-state index in [2.05, 4.69) is 33.6 Å². The first-order chi connectivity index (χ1) is 11.1. The van der Waals surface area contributed by atoms with Crippen molar-refractivity contribution >= 4 is 17.2 Å². The van der Waals surface area contributed by atoms with Crippen molar-refractivity contribution in [1.82, 2.24) is 19.6 Å². The van der Waals surface area contributed by atoms with Crippen LogP contribution in [0.25, 0.3) is 0 Å². The molecular formula is C16H22N4O2S. The second-order valence-corrected chi connectivity index (χ2v) is 7.01. The van der Waals surface area contributed by atoms with Crippen molar-refractivity contribution in [1.29, 1.82) is 0 Å². The lowest BCUT2D eigenvalue weighted by Gasteiger charge is -2.33. The zero-order valence-corrected chi connectivity index (χ0v) is 14.3. The highest BCUT2D eigenvalue weighted by molar-refractivity contribution is 7.09. The standard InChI is InChI=1S/C16H22N4O2S/c1-18(2)16(21)12-22-11-14-9-19(10-15-4-3-7-23-15)8-13-5-6-17-20(13)14/h3-7,14H,8-12H2,1-2H3/t14-/m0/s1. The zero-order chi connectivity index (χ0) is 16.2. The van der Waals surface area contributed by atoms with Crippen molar-refractivity contribution in [3.05, 3.63) is 40.3 Å². The number of likely N-dealkylation sites (N-methyl/N-ethyl adjacent to an activating group) is 1. The smallest absolute Gasteiger partial charge is 0.248 e. The molecule has 7 heteroatoms. The first-order valence-corrected chi connectivity index (χ1v) is 8.56. The number of thiophene rings is 1. The lowest BCUT2D eigenvalue weighted by Crippen LogP contribution is -2.39.